The number of benzene rings is 1. The number of rotatable bonds is 6. The fourth-order valence-electron chi connectivity index (χ4n) is 2.30. The van der Waals surface area contributed by atoms with E-state index in [0.717, 1.165) is 0 Å². The number of halogens is 3. The van der Waals surface area contributed by atoms with Gasteiger partial charge in [-0.3, -0.25) is 4.90 Å². The first-order valence-corrected chi connectivity index (χ1v) is 8.69. The number of amides is 1. The summed E-state index contributed by atoms with van der Waals surface area (Å²) in [5.74, 6) is -0.0334. The summed E-state index contributed by atoms with van der Waals surface area (Å²) < 4.78 is 51.1. The molecule has 0 radical (unpaired) electrons. The molecule has 1 heterocycles. The van der Waals surface area contributed by atoms with Crippen LogP contribution in [0, 0.1) is 0 Å². The zero-order valence-electron chi connectivity index (χ0n) is 16.5. The summed E-state index contributed by atoms with van der Waals surface area (Å²) in [5.41, 5.74) is -0.0163. The summed E-state index contributed by atoms with van der Waals surface area (Å²) in [6.07, 6.45) is -3.57. The predicted octanol–water partition coefficient (Wildman–Crippen LogP) is 4.37. The third-order valence-electron chi connectivity index (χ3n) is 3.47. The number of hydrogen-bond donors (Lipinski definition) is 0. The number of anilines is 1. The Bertz CT molecular complexity index is 821. The Hall–Kier alpha value is -3.04. The Labute approximate surface area is 166 Å². The molecule has 1 aromatic heterocycles. The van der Waals surface area contributed by atoms with Gasteiger partial charge in [-0.1, -0.05) is 12.1 Å². The normalized spacial score (nSPS) is 11.7. The molecule has 0 bridgehead atoms. The Morgan fingerprint density at radius 1 is 1.10 bits per heavy atom. The number of hydrogen-bond acceptors (Lipinski definition) is 6. The van der Waals surface area contributed by atoms with Crippen LogP contribution in [0.15, 0.2) is 36.5 Å². The summed E-state index contributed by atoms with van der Waals surface area (Å²) in [4.78, 5) is 22.0. The topological polar surface area (TPSA) is 73.8 Å². The average molecular weight is 413 g/mol. The van der Waals surface area contributed by atoms with E-state index in [0.29, 0.717) is 12.0 Å². The molecule has 0 unspecified atom stereocenters. The van der Waals surface area contributed by atoms with E-state index < -0.39 is 18.1 Å². The number of ether oxygens (including phenoxy) is 3. The molecule has 0 saturated carbocycles. The van der Waals surface area contributed by atoms with Crippen LogP contribution in [0.3, 0.4) is 0 Å². The molecule has 2 aromatic rings. The van der Waals surface area contributed by atoms with Crippen LogP contribution in [0.4, 0.5) is 23.8 Å². The number of carbonyl (C=O) groups excluding carboxylic acids is 1. The minimum Gasteiger partial charge on any atom is -0.467 e. The van der Waals surface area contributed by atoms with Crippen molar-refractivity contribution >= 4 is 11.9 Å². The van der Waals surface area contributed by atoms with Crippen LogP contribution < -0.4 is 14.4 Å². The van der Waals surface area contributed by atoms with E-state index in [2.05, 4.69) is 14.7 Å². The third kappa shape index (κ3) is 7.47. The van der Waals surface area contributed by atoms with Crippen LogP contribution in [0.1, 0.15) is 26.3 Å². The summed E-state index contributed by atoms with van der Waals surface area (Å²) >= 11 is 0. The number of carbonyl (C=O) groups is 1. The summed E-state index contributed by atoms with van der Waals surface area (Å²) in [6.45, 7) is 5.39. The quantitative estimate of drug-likeness (QED) is 0.700. The first kappa shape index (κ1) is 22.3. The van der Waals surface area contributed by atoms with Gasteiger partial charge in [0.15, 0.2) is 0 Å². The fraction of sp³-hybridized carbons (Fsp3) is 0.421. The first-order valence-electron chi connectivity index (χ1n) is 8.69. The molecule has 7 nitrogen and oxygen atoms in total. The monoisotopic (exact) mass is 413 g/mol. The van der Waals surface area contributed by atoms with E-state index in [1.54, 1.807) is 20.8 Å². The average Bonchev–Trinajstić information content (AvgIpc) is 2.60. The lowest BCUT2D eigenvalue weighted by Crippen LogP contribution is -2.38. The summed E-state index contributed by atoms with van der Waals surface area (Å²) in [6, 6.07) is 7.05. The molecular formula is C19H22F3N3O4. The molecule has 0 spiro atoms. The van der Waals surface area contributed by atoms with Gasteiger partial charge in [0, 0.05) is 12.7 Å². The van der Waals surface area contributed by atoms with Gasteiger partial charge in [-0.15, -0.1) is 13.2 Å². The molecule has 0 aliphatic heterocycles. The molecule has 10 heteroatoms. The van der Waals surface area contributed by atoms with Crippen LogP contribution in [0.25, 0.3) is 0 Å². The summed E-state index contributed by atoms with van der Waals surface area (Å²) in [5, 5.41) is 0. The van der Waals surface area contributed by atoms with Gasteiger partial charge >= 0.3 is 18.5 Å². The second-order valence-electron chi connectivity index (χ2n) is 6.98. The summed E-state index contributed by atoms with van der Waals surface area (Å²) in [7, 11) is 1.40. The molecule has 158 valence electrons. The van der Waals surface area contributed by atoms with Crippen molar-refractivity contribution in [3.63, 3.8) is 0 Å². The Morgan fingerprint density at radius 2 is 1.76 bits per heavy atom. The van der Waals surface area contributed by atoms with Gasteiger partial charge in [0.25, 0.3) is 0 Å². The molecule has 0 saturated heterocycles. The molecule has 0 atom stereocenters. The largest absolute Gasteiger partial charge is 0.573 e. The van der Waals surface area contributed by atoms with Crippen molar-refractivity contribution < 1.29 is 32.2 Å². The van der Waals surface area contributed by atoms with E-state index >= 15 is 0 Å². The lowest BCUT2D eigenvalue weighted by molar-refractivity contribution is -0.274. The van der Waals surface area contributed by atoms with E-state index in [1.165, 1.54) is 48.5 Å². The maximum Gasteiger partial charge on any atom is 0.573 e. The van der Waals surface area contributed by atoms with Gasteiger partial charge in [0.2, 0.25) is 0 Å². The lowest BCUT2D eigenvalue weighted by Gasteiger charge is -2.26. The second-order valence-corrected chi connectivity index (χ2v) is 6.98. The minimum absolute atomic E-state index is 0.0877. The van der Waals surface area contributed by atoms with Gasteiger partial charge < -0.3 is 14.2 Å². The van der Waals surface area contributed by atoms with Gasteiger partial charge in [-0.25, -0.2) is 9.78 Å². The van der Waals surface area contributed by atoms with Gasteiger partial charge in [0.1, 0.15) is 17.2 Å². The highest BCUT2D eigenvalue weighted by Gasteiger charge is 2.31. The van der Waals surface area contributed by atoms with E-state index in [1.807, 2.05) is 0 Å². The van der Waals surface area contributed by atoms with Crippen molar-refractivity contribution in [3.05, 3.63) is 42.1 Å². The SMILES string of the molecule is COc1nccc(N(CCc2ccc(OC(F)(F)F)cc2)C(=O)OC(C)(C)C)n1. The highest BCUT2D eigenvalue weighted by molar-refractivity contribution is 5.86. The predicted molar refractivity (Wildman–Crippen MR) is 99.0 cm³/mol. The maximum atomic E-state index is 12.6. The van der Waals surface area contributed by atoms with E-state index in [-0.39, 0.29) is 24.1 Å². The molecule has 2 rings (SSSR count). The standard InChI is InChI=1S/C19H22F3N3O4/c1-18(2,3)29-17(26)25(15-9-11-23-16(24-15)27-4)12-10-13-5-7-14(8-6-13)28-19(20,21)22/h5-9,11H,10,12H2,1-4H3. The molecule has 0 N–H and O–H groups in total. The zero-order chi connectivity index (χ0) is 21.7. The van der Waals surface area contributed by atoms with Crippen molar-refractivity contribution in [2.45, 2.75) is 39.2 Å². The number of alkyl halides is 3. The van der Waals surface area contributed by atoms with Gasteiger partial charge in [-0.05, 0) is 51.0 Å². The molecular weight excluding hydrogens is 391 g/mol. The van der Waals surface area contributed by atoms with Crippen molar-refractivity contribution in [3.8, 4) is 11.8 Å². The number of methoxy groups -OCH3 is 1. The first-order chi connectivity index (χ1) is 13.5. The molecule has 0 aliphatic carbocycles. The highest BCUT2D eigenvalue weighted by Crippen LogP contribution is 2.23. The van der Waals surface area contributed by atoms with Crippen LogP contribution in [0.2, 0.25) is 0 Å². The highest BCUT2D eigenvalue weighted by atomic mass is 19.4. The fourth-order valence-corrected chi connectivity index (χ4v) is 2.30. The van der Waals surface area contributed by atoms with Crippen LogP contribution in [-0.4, -0.2) is 41.7 Å². The minimum atomic E-state index is -4.75. The molecule has 0 fully saturated rings. The van der Waals surface area contributed by atoms with Crippen molar-refractivity contribution in [1.29, 1.82) is 0 Å². The Morgan fingerprint density at radius 3 is 2.31 bits per heavy atom. The van der Waals surface area contributed by atoms with Crippen LogP contribution in [-0.2, 0) is 11.2 Å². The lowest BCUT2D eigenvalue weighted by atomic mass is 10.1. The maximum absolute atomic E-state index is 12.6. The molecule has 29 heavy (non-hydrogen) atoms. The number of aromatic nitrogens is 2. The van der Waals surface area contributed by atoms with Gasteiger partial charge in [0.05, 0.1) is 7.11 Å². The van der Waals surface area contributed by atoms with Crippen LogP contribution >= 0.6 is 0 Å². The van der Waals surface area contributed by atoms with E-state index in [4.69, 9.17) is 9.47 Å². The Balaban J connectivity index is 2.16. The van der Waals surface area contributed by atoms with Crippen molar-refractivity contribution in [2.24, 2.45) is 0 Å². The Kier molecular flexibility index (Phi) is 6.89. The third-order valence-corrected chi connectivity index (χ3v) is 3.47. The van der Waals surface area contributed by atoms with E-state index in [9.17, 15) is 18.0 Å². The molecule has 1 amide bonds. The second kappa shape index (κ2) is 8.97. The van der Waals surface area contributed by atoms with Crippen molar-refractivity contribution in [1.82, 2.24) is 9.97 Å². The van der Waals surface area contributed by atoms with Crippen LogP contribution in [0.5, 0.6) is 11.8 Å². The van der Waals surface area contributed by atoms with Crippen molar-refractivity contribution in [2.75, 3.05) is 18.6 Å². The number of nitrogens with zero attached hydrogens (tertiary/aromatic N) is 3. The van der Waals surface area contributed by atoms with Gasteiger partial charge in [-0.2, -0.15) is 4.98 Å². The molecule has 0 aliphatic rings. The smallest absolute Gasteiger partial charge is 0.467 e. The zero-order valence-corrected chi connectivity index (χ0v) is 16.5. The molecule has 1 aromatic carbocycles.